The molecule has 5 aromatic rings. The molecule has 0 aromatic heterocycles. The molecule has 0 amide bonds. The van der Waals surface area contributed by atoms with Gasteiger partial charge in [0, 0.05) is 16.7 Å². The van der Waals surface area contributed by atoms with E-state index in [-0.39, 0.29) is 27.8 Å². The summed E-state index contributed by atoms with van der Waals surface area (Å²) in [5.41, 5.74) is -0.0949. The fraction of sp³-hybridized carbons (Fsp3) is 0. The molecule has 5 aromatic carbocycles. The van der Waals surface area contributed by atoms with E-state index in [2.05, 4.69) is 0 Å². The first-order valence-electron chi connectivity index (χ1n) is 12.0. The summed E-state index contributed by atoms with van der Waals surface area (Å²) in [6.07, 6.45) is 0. The van der Waals surface area contributed by atoms with Crippen LogP contribution in [0.1, 0.15) is 47.8 Å². The minimum Gasteiger partial charge on any atom is -0.288 e. The first-order chi connectivity index (χ1) is 19.3. The summed E-state index contributed by atoms with van der Waals surface area (Å²) in [5.74, 6) is -5.20. The van der Waals surface area contributed by atoms with E-state index in [1.165, 1.54) is 72.8 Å². The molecule has 0 N–H and O–H groups in total. The van der Waals surface area contributed by atoms with E-state index in [0.29, 0.717) is 5.56 Å². The zero-order valence-corrected chi connectivity index (χ0v) is 20.8. The van der Waals surface area contributed by atoms with Crippen LogP contribution in [-0.2, 0) is 0 Å². The number of benzene rings is 5. The second-order valence-corrected chi connectivity index (χ2v) is 8.46. The monoisotopic (exact) mass is 540 g/mol. The van der Waals surface area contributed by atoms with Gasteiger partial charge in [0.2, 0.25) is 0 Å². The van der Waals surface area contributed by atoms with E-state index < -0.39 is 40.6 Å². The molecular formula is C33H20F4O3. The highest BCUT2D eigenvalue weighted by atomic mass is 19.2. The number of hydrogen-bond acceptors (Lipinski definition) is 3. The molecule has 0 saturated carbocycles. The first-order valence-corrected chi connectivity index (χ1v) is 12.0. The van der Waals surface area contributed by atoms with E-state index in [0.717, 1.165) is 6.07 Å². The number of ketones is 3. The van der Waals surface area contributed by atoms with Crippen LogP contribution in [0.15, 0.2) is 121 Å². The average molecular weight is 541 g/mol. The van der Waals surface area contributed by atoms with Crippen LogP contribution < -0.4 is 0 Å². The fourth-order valence-corrected chi connectivity index (χ4v) is 3.88. The summed E-state index contributed by atoms with van der Waals surface area (Å²) in [4.78, 5) is 37.1. The molecule has 0 unspecified atom stereocenters. The maximum Gasteiger partial charge on any atom is 0.196 e. The van der Waals surface area contributed by atoms with Crippen molar-refractivity contribution in [2.24, 2.45) is 0 Å². The Kier molecular flexibility index (Phi) is 8.76. The van der Waals surface area contributed by atoms with Crippen molar-refractivity contribution in [3.63, 3.8) is 0 Å². The van der Waals surface area contributed by atoms with Crippen molar-refractivity contribution < 1.29 is 31.9 Å². The number of hydrogen-bond donors (Lipinski definition) is 0. The van der Waals surface area contributed by atoms with E-state index in [9.17, 15) is 31.9 Å². The zero-order valence-electron chi connectivity index (χ0n) is 20.8. The van der Waals surface area contributed by atoms with Crippen LogP contribution in [0.4, 0.5) is 17.6 Å². The predicted octanol–water partition coefficient (Wildman–Crippen LogP) is 7.62. The second-order valence-electron chi connectivity index (χ2n) is 8.46. The van der Waals surface area contributed by atoms with Gasteiger partial charge in [-0.15, -0.1) is 0 Å². The van der Waals surface area contributed by atoms with E-state index >= 15 is 0 Å². The third kappa shape index (κ3) is 6.10. The summed E-state index contributed by atoms with van der Waals surface area (Å²) >= 11 is 0. The van der Waals surface area contributed by atoms with Crippen molar-refractivity contribution >= 4 is 17.3 Å². The third-order valence-corrected chi connectivity index (χ3v) is 5.89. The first kappa shape index (κ1) is 27.9. The Morgan fingerprint density at radius 3 is 1.20 bits per heavy atom. The van der Waals surface area contributed by atoms with E-state index in [4.69, 9.17) is 0 Å². The minimum absolute atomic E-state index is 0.0378. The number of carbonyl (C=O) groups is 3. The number of halogens is 4. The molecular weight excluding hydrogens is 520 g/mol. The lowest BCUT2D eigenvalue weighted by Crippen LogP contribution is -2.13. The maximum absolute atomic E-state index is 13.9. The van der Waals surface area contributed by atoms with Gasteiger partial charge in [0.1, 0.15) is 11.6 Å². The van der Waals surface area contributed by atoms with Gasteiger partial charge in [-0.3, -0.25) is 14.4 Å². The molecule has 0 heterocycles. The lowest BCUT2D eigenvalue weighted by molar-refractivity contribution is 0.0999. The standard InChI is InChI=1S/C20H12F2O2.C13H8F2O/c21-17-11-5-3-9-15(17)19(23)13-7-1-2-8-14(13)20(24)16-10-4-6-12-18(16)22;14-11-8-4-7-10(12(11)15)13(16)9-5-2-1-3-6-9/h1-12H;1-8H. The Bertz CT molecular complexity index is 1620. The third-order valence-electron chi connectivity index (χ3n) is 5.89. The lowest BCUT2D eigenvalue weighted by Gasteiger charge is -2.09. The molecule has 5 rings (SSSR count). The molecule has 0 spiro atoms. The molecule has 0 radical (unpaired) electrons. The van der Waals surface area contributed by atoms with Crippen LogP contribution in [0.2, 0.25) is 0 Å². The molecule has 0 bridgehead atoms. The summed E-state index contributed by atoms with van der Waals surface area (Å²) in [7, 11) is 0. The lowest BCUT2D eigenvalue weighted by atomic mass is 9.93. The van der Waals surface area contributed by atoms with Gasteiger partial charge in [0.25, 0.3) is 0 Å². The van der Waals surface area contributed by atoms with Gasteiger partial charge >= 0.3 is 0 Å². The zero-order chi connectivity index (χ0) is 28.6. The van der Waals surface area contributed by atoms with Gasteiger partial charge in [-0.05, 0) is 36.4 Å². The van der Waals surface area contributed by atoms with Crippen LogP contribution in [0.3, 0.4) is 0 Å². The van der Waals surface area contributed by atoms with Crippen LogP contribution >= 0.6 is 0 Å². The Labute approximate surface area is 227 Å². The summed E-state index contributed by atoms with van der Waals surface area (Å²) < 4.78 is 54.0. The van der Waals surface area contributed by atoms with E-state index in [1.807, 2.05) is 0 Å². The summed E-state index contributed by atoms with van der Waals surface area (Å²) in [6, 6.07) is 28.9. The molecule has 0 aliphatic rings. The van der Waals surface area contributed by atoms with Gasteiger partial charge in [-0.2, -0.15) is 0 Å². The summed E-state index contributed by atoms with van der Waals surface area (Å²) in [5, 5.41) is 0. The van der Waals surface area contributed by atoms with Gasteiger partial charge < -0.3 is 0 Å². The molecule has 0 atom stereocenters. The van der Waals surface area contributed by atoms with Crippen LogP contribution in [0.25, 0.3) is 0 Å². The van der Waals surface area contributed by atoms with Gasteiger partial charge in [-0.25, -0.2) is 17.6 Å². The molecule has 0 aliphatic carbocycles. The molecule has 0 saturated heterocycles. The van der Waals surface area contributed by atoms with Gasteiger partial charge in [-0.1, -0.05) is 84.9 Å². The van der Waals surface area contributed by atoms with Gasteiger partial charge in [0.15, 0.2) is 29.0 Å². The van der Waals surface area contributed by atoms with E-state index in [1.54, 1.807) is 42.5 Å². The van der Waals surface area contributed by atoms with Crippen molar-refractivity contribution in [1.82, 2.24) is 0 Å². The van der Waals surface area contributed by atoms with Crippen molar-refractivity contribution in [3.05, 3.63) is 178 Å². The van der Waals surface area contributed by atoms with Crippen molar-refractivity contribution in [1.29, 1.82) is 0 Å². The molecule has 40 heavy (non-hydrogen) atoms. The highest BCUT2D eigenvalue weighted by molar-refractivity contribution is 6.19. The van der Waals surface area contributed by atoms with Crippen LogP contribution in [0, 0.1) is 23.3 Å². The van der Waals surface area contributed by atoms with Crippen molar-refractivity contribution in [2.75, 3.05) is 0 Å². The topological polar surface area (TPSA) is 51.2 Å². The van der Waals surface area contributed by atoms with Gasteiger partial charge in [0.05, 0.1) is 16.7 Å². The Morgan fingerprint density at radius 2 is 0.725 bits per heavy atom. The molecule has 7 heteroatoms. The van der Waals surface area contributed by atoms with Crippen molar-refractivity contribution in [3.8, 4) is 0 Å². The molecule has 0 aliphatic heterocycles. The maximum atomic E-state index is 13.9. The largest absolute Gasteiger partial charge is 0.288 e. The quantitative estimate of drug-likeness (QED) is 0.164. The van der Waals surface area contributed by atoms with Crippen molar-refractivity contribution in [2.45, 2.75) is 0 Å². The van der Waals surface area contributed by atoms with Crippen LogP contribution in [0.5, 0.6) is 0 Å². The predicted molar refractivity (Wildman–Crippen MR) is 142 cm³/mol. The molecule has 198 valence electrons. The summed E-state index contributed by atoms with van der Waals surface area (Å²) in [6.45, 7) is 0. The Hall–Kier alpha value is -5.17. The SMILES string of the molecule is O=C(c1ccccc1)c1cccc(F)c1F.O=C(c1ccccc1F)c1ccccc1C(=O)c1ccccc1F. The molecule has 0 fully saturated rings. The second kappa shape index (κ2) is 12.6. The minimum atomic E-state index is -1.10. The van der Waals surface area contributed by atoms with Crippen LogP contribution in [-0.4, -0.2) is 17.3 Å². The highest BCUT2D eigenvalue weighted by Gasteiger charge is 2.22. The average Bonchev–Trinajstić information content (AvgIpc) is 2.99. The Morgan fingerprint density at radius 1 is 0.350 bits per heavy atom. The highest BCUT2D eigenvalue weighted by Crippen LogP contribution is 2.21. The fourth-order valence-electron chi connectivity index (χ4n) is 3.88. The Balaban J connectivity index is 0.000000201. The normalized spacial score (nSPS) is 10.3. The smallest absolute Gasteiger partial charge is 0.196 e. The number of rotatable bonds is 6. The number of carbonyl (C=O) groups excluding carboxylic acids is 3. The molecule has 3 nitrogen and oxygen atoms in total.